The molecule has 78 valence electrons. The number of nitrogens with zero attached hydrogens (tertiary/aromatic N) is 2. The van der Waals surface area contributed by atoms with Crippen molar-refractivity contribution in [2.45, 2.75) is 13.3 Å². The number of hydrogen-bond acceptors (Lipinski definition) is 4. The highest BCUT2D eigenvalue weighted by Gasteiger charge is 2.08. The highest BCUT2D eigenvalue weighted by atomic mass is 19.1. The first-order valence-electron chi connectivity index (χ1n) is 4.68. The number of halogens is 1. The monoisotopic (exact) mass is 206 g/mol. The lowest BCUT2D eigenvalue weighted by Gasteiger charge is -2.06. The van der Waals surface area contributed by atoms with E-state index in [9.17, 15) is 4.39 Å². The molecule has 0 unspecified atom stereocenters. The zero-order valence-electron chi connectivity index (χ0n) is 8.29. The van der Waals surface area contributed by atoms with Gasteiger partial charge in [0.2, 0.25) is 0 Å². The Morgan fingerprint density at radius 2 is 2.20 bits per heavy atom. The van der Waals surface area contributed by atoms with E-state index in [-0.39, 0.29) is 5.82 Å². The van der Waals surface area contributed by atoms with E-state index in [0.717, 1.165) is 0 Å². The van der Waals surface area contributed by atoms with Crippen molar-refractivity contribution < 1.29 is 4.39 Å². The lowest BCUT2D eigenvalue weighted by molar-refractivity contribution is 0.635. The molecule has 0 atom stereocenters. The van der Waals surface area contributed by atoms with Crippen molar-refractivity contribution in [3.8, 4) is 0 Å². The Hall–Kier alpha value is -1.75. The average Bonchev–Trinajstić information content (AvgIpc) is 2.28. The third kappa shape index (κ3) is 1.61. The van der Waals surface area contributed by atoms with Gasteiger partial charge in [0.15, 0.2) is 5.82 Å². The minimum absolute atomic E-state index is 0.303. The molecule has 1 aromatic heterocycles. The Morgan fingerprint density at radius 3 is 2.87 bits per heavy atom. The summed E-state index contributed by atoms with van der Waals surface area (Å²) in [4.78, 5) is 8.29. The summed E-state index contributed by atoms with van der Waals surface area (Å²) in [5, 5.41) is 0.592. The van der Waals surface area contributed by atoms with Crippen LogP contribution in [0.3, 0.4) is 0 Å². The number of nitrogen functional groups attached to an aromatic ring is 1. The molecule has 2 aromatic rings. The van der Waals surface area contributed by atoms with Crippen molar-refractivity contribution in [1.82, 2.24) is 9.97 Å². The van der Waals surface area contributed by atoms with Crippen LogP contribution in [0.15, 0.2) is 18.2 Å². The lowest BCUT2D eigenvalue weighted by atomic mass is 10.2. The standard InChI is InChI=1S/C10H11FN4/c1-2-8-13-9-6(10(14-8)15-12)4-3-5-7(9)11/h3-5H,2,12H2,1H3,(H,13,14,15). The molecule has 5 heteroatoms. The Bertz CT molecular complexity index is 498. The number of fused-ring (bicyclic) bond motifs is 1. The molecule has 0 amide bonds. The molecular weight excluding hydrogens is 195 g/mol. The van der Waals surface area contributed by atoms with Crippen LogP contribution in [-0.2, 0) is 6.42 Å². The Morgan fingerprint density at radius 1 is 1.40 bits per heavy atom. The van der Waals surface area contributed by atoms with Crippen molar-refractivity contribution in [3.05, 3.63) is 29.8 Å². The molecule has 0 fully saturated rings. The molecule has 0 aliphatic carbocycles. The van der Waals surface area contributed by atoms with Gasteiger partial charge in [0.1, 0.15) is 17.2 Å². The first-order chi connectivity index (χ1) is 7.26. The first-order valence-corrected chi connectivity index (χ1v) is 4.68. The molecule has 4 nitrogen and oxygen atoms in total. The third-order valence-corrected chi connectivity index (χ3v) is 2.18. The number of hydrazine groups is 1. The normalized spacial score (nSPS) is 10.6. The second kappa shape index (κ2) is 3.78. The topological polar surface area (TPSA) is 63.8 Å². The minimum Gasteiger partial charge on any atom is -0.308 e. The van der Waals surface area contributed by atoms with Crippen LogP contribution in [0.2, 0.25) is 0 Å². The van der Waals surface area contributed by atoms with Crippen molar-refractivity contribution in [3.63, 3.8) is 0 Å². The number of rotatable bonds is 2. The number of aryl methyl sites for hydroxylation is 1. The van der Waals surface area contributed by atoms with Gasteiger partial charge >= 0.3 is 0 Å². The van der Waals surface area contributed by atoms with Gasteiger partial charge in [0.25, 0.3) is 0 Å². The van der Waals surface area contributed by atoms with Gasteiger partial charge in [-0.15, -0.1) is 0 Å². The molecule has 15 heavy (non-hydrogen) atoms. The van der Waals surface area contributed by atoms with Gasteiger partial charge < -0.3 is 5.43 Å². The van der Waals surface area contributed by atoms with Crippen molar-refractivity contribution in [1.29, 1.82) is 0 Å². The summed E-state index contributed by atoms with van der Waals surface area (Å²) in [6.45, 7) is 1.91. The number of benzene rings is 1. The van der Waals surface area contributed by atoms with E-state index < -0.39 is 0 Å². The fourth-order valence-electron chi connectivity index (χ4n) is 1.43. The Kier molecular flexibility index (Phi) is 2.47. The Balaban J connectivity index is 2.80. The zero-order valence-corrected chi connectivity index (χ0v) is 8.29. The first kappa shape index (κ1) is 9.79. The van der Waals surface area contributed by atoms with Crippen molar-refractivity contribution in [2.75, 3.05) is 5.43 Å². The van der Waals surface area contributed by atoms with E-state index >= 15 is 0 Å². The molecule has 1 aromatic carbocycles. The molecular formula is C10H11FN4. The summed E-state index contributed by atoms with van der Waals surface area (Å²) in [6, 6.07) is 4.70. The van der Waals surface area contributed by atoms with Crippen LogP contribution in [0, 0.1) is 5.82 Å². The van der Waals surface area contributed by atoms with Crippen LogP contribution in [-0.4, -0.2) is 9.97 Å². The van der Waals surface area contributed by atoms with Gasteiger partial charge in [-0.25, -0.2) is 20.2 Å². The molecule has 0 saturated carbocycles. The smallest absolute Gasteiger partial charge is 0.151 e. The third-order valence-electron chi connectivity index (χ3n) is 2.18. The van der Waals surface area contributed by atoms with E-state index in [1.807, 2.05) is 6.92 Å². The summed E-state index contributed by atoms with van der Waals surface area (Å²) in [6.07, 6.45) is 0.638. The number of para-hydroxylation sites is 1. The SMILES string of the molecule is CCc1nc(NN)c2cccc(F)c2n1. The molecule has 1 heterocycles. The summed E-state index contributed by atoms with van der Waals surface area (Å²) < 4.78 is 13.5. The maximum Gasteiger partial charge on any atom is 0.151 e. The van der Waals surface area contributed by atoms with Gasteiger partial charge in [0, 0.05) is 11.8 Å². The quantitative estimate of drug-likeness (QED) is 0.579. The highest BCUT2D eigenvalue weighted by molar-refractivity contribution is 5.89. The van der Waals surface area contributed by atoms with E-state index in [4.69, 9.17) is 5.84 Å². The van der Waals surface area contributed by atoms with Crippen molar-refractivity contribution in [2.24, 2.45) is 5.84 Å². The van der Waals surface area contributed by atoms with Gasteiger partial charge in [-0.3, -0.25) is 0 Å². The van der Waals surface area contributed by atoms with Crippen LogP contribution < -0.4 is 11.3 Å². The summed E-state index contributed by atoms with van der Waals surface area (Å²) in [7, 11) is 0. The molecule has 0 aliphatic rings. The maximum atomic E-state index is 13.5. The summed E-state index contributed by atoms with van der Waals surface area (Å²) >= 11 is 0. The summed E-state index contributed by atoms with van der Waals surface area (Å²) in [5.41, 5.74) is 2.76. The fourth-order valence-corrected chi connectivity index (χ4v) is 1.43. The van der Waals surface area contributed by atoms with Gasteiger partial charge in [-0.1, -0.05) is 13.0 Å². The van der Waals surface area contributed by atoms with E-state index in [0.29, 0.717) is 29.0 Å². The second-order valence-corrected chi connectivity index (χ2v) is 3.12. The minimum atomic E-state index is -0.360. The zero-order chi connectivity index (χ0) is 10.8. The van der Waals surface area contributed by atoms with Crippen LogP contribution >= 0.6 is 0 Å². The molecule has 0 aliphatic heterocycles. The van der Waals surface area contributed by atoms with E-state index in [2.05, 4.69) is 15.4 Å². The molecule has 3 N–H and O–H groups in total. The number of hydrogen-bond donors (Lipinski definition) is 2. The largest absolute Gasteiger partial charge is 0.308 e. The summed E-state index contributed by atoms with van der Waals surface area (Å²) in [5.74, 6) is 5.99. The van der Waals surface area contributed by atoms with Gasteiger partial charge in [-0.05, 0) is 12.1 Å². The number of anilines is 1. The average molecular weight is 206 g/mol. The molecule has 0 saturated heterocycles. The van der Waals surface area contributed by atoms with Crippen LogP contribution in [0.4, 0.5) is 10.2 Å². The highest BCUT2D eigenvalue weighted by Crippen LogP contribution is 2.21. The fraction of sp³-hybridized carbons (Fsp3) is 0.200. The van der Waals surface area contributed by atoms with Crippen LogP contribution in [0.25, 0.3) is 10.9 Å². The second-order valence-electron chi connectivity index (χ2n) is 3.12. The molecule has 0 radical (unpaired) electrons. The van der Waals surface area contributed by atoms with Crippen LogP contribution in [0.1, 0.15) is 12.7 Å². The van der Waals surface area contributed by atoms with Gasteiger partial charge in [0.05, 0.1) is 0 Å². The molecule has 2 rings (SSSR count). The van der Waals surface area contributed by atoms with E-state index in [1.165, 1.54) is 6.07 Å². The molecule has 0 spiro atoms. The predicted octanol–water partition coefficient (Wildman–Crippen LogP) is 1.62. The van der Waals surface area contributed by atoms with E-state index in [1.54, 1.807) is 12.1 Å². The van der Waals surface area contributed by atoms with Gasteiger partial charge in [-0.2, -0.15) is 0 Å². The number of nitrogens with one attached hydrogen (secondary N) is 1. The maximum absolute atomic E-state index is 13.5. The predicted molar refractivity (Wildman–Crippen MR) is 56.7 cm³/mol. The molecule has 0 bridgehead atoms. The lowest BCUT2D eigenvalue weighted by Crippen LogP contribution is -2.11. The number of nitrogens with two attached hydrogens (primary N) is 1. The number of aromatic nitrogens is 2. The van der Waals surface area contributed by atoms with Crippen LogP contribution in [0.5, 0.6) is 0 Å². The Labute approximate surface area is 86.3 Å². The van der Waals surface area contributed by atoms with Crippen molar-refractivity contribution >= 4 is 16.7 Å².